The molecule has 220 valence electrons. The number of hydrogen-bond donors (Lipinski definition) is 1. The van der Waals surface area contributed by atoms with E-state index in [0.717, 1.165) is 16.3 Å². The summed E-state index contributed by atoms with van der Waals surface area (Å²) in [6.45, 7) is 7.18. The zero-order valence-corrected chi connectivity index (χ0v) is 26.5. The molecule has 0 aliphatic heterocycles. The van der Waals surface area contributed by atoms with Gasteiger partial charge >= 0.3 is 0 Å². The zero-order valence-electron chi connectivity index (χ0n) is 23.5. The Hall–Kier alpha value is -2.78. The van der Waals surface area contributed by atoms with Gasteiger partial charge in [-0.05, 0) is 74.2 Å². The molecule has 2 amide bonds. The standard InChI is InChI=1S/C30H34Cl3N3O4S/c1-5-16-34-30(38)27(6-2)35(18-22-12-15-25(32)26(33)17-22)29(37)19-36(28-9-7-8-24(31)21(28)4)41(39,40)23-13-10-20(3)11-14-23/h7-15,17,27H,5-6,16,18-19H2,1-4H3,(H,34,38)/t27-/m1/s1. The van der Waals surface area contributed by atoms with Crippen LogP contribution in [0, 0.1) is 13.8 Å². The van der Waals surface area contributed by atoms with Crippen molar-refractivity contribution in [3.8, 4) is 0 Å². The third-order valence-corrected chi connectivity index (χ3v) is 9.59. The van der Waals surface area contributed by atoms with E-state index in [0.29, 0.717) is 39.2 Å². The first kappa shape index (κ1) is 32.7. The van der Waals surface area contributed by atoms with Gasteiger partial charge in [-0.3, -0.25) is 13.9 Å². The van der Waals surface area contributed by atoms with Gasteiger partial charge in [0.25, 0.3) is 10.0 Å². The molecule has 0 saturated heterocycles. The highest BCUT2D eigenvalue weighted by Crippen LogP contribution is 2.32. The van der Waals surface area contributed by atoms with E-state index in [1.807, 2.05) is 13.8 Å². The summed E-state index contributed by atoms with van der Waals surface area (Å²) in [7, 11) is -4.20. The molecular weight excluding hydrogens is 605 g/mol. The summed E-state index contributed by atoms with van der Waals surface area (Å²) < 4.78 is 29.1. The van der Waals surface area contributed by atoms with E-state index in [4.69, 9.17) is 34.8 Å². The minimum absolute atomic E-state index is 0.0146. The van der Waals surface area contributed by atoms with Crippen LogP contribution in [0.4, 0.5) is 5.69 Å². The lowest BCUT2D eigenvalue weighted by Gasteiger charge is -2.33. The average Bonchev–Trinajstić information content (AvgIpc) is 2.94. The number of anilines is 1. The Morgan fingerprint density at radius 3 is 2.20 bits per heavy atom. The van der Waals surface area contributed by atoms with Gasteiger partial charge in [-0.25, -0.2) is 8.42 Å². The Bertz CT molecular complexity index is 1500. The maximum atomic E-state index is 14.1. The molecule has 3 aromatic rings. The van der Waals surface area contributed by atoms with Crippen LogP contribution in [0.1, 0.15) is 43.4 Å². The fourth-order valence-corrected chi connectivity index (χ4v) is 6.30. The number of nitrogens with zero attached hydrogens (tertiary/aromatic N) is 2. The maximum absolute atomic E-state index is 14.1. The highest BCUT2D eigenvalue weighted by molar-refractivity contribution is 7.92. The second kappa shape index (κ2) is 14.4. The lowest BCUT2D eigenvalue weighted by molar-refractivity contribution is -0.140. The Morgan fingerprint density at radius 2 is 1.59 bits per heavy atom. The van der Waals surface area contributed by atoms with Gasteiger partial charge in [0.05, 0.1) is 20.6 Å². The topological polar surface area (TPSA) is 86.8 Å². The number of amides is 2. The summed E-state index contributed by atoms with van der Waals surface area (Å²) in [5.74, 6) is -0.890. The molecule has 41 heavy (non-hydrogen) atoms. The van der Waals surface area contributed by atoms with Crippen molar-refractivity contribution in [2.75, 3.05) is 17.4 Å². The van der Waals surface area contributed by atoms with Crippen LogP contribution in [-0.2, 0) is 26.2 Å². The molecular formula is C30H34Cl3N3O4S. The monoisotopic (exact) mass is 637 g/mol. The number of carbonyl (C=O) groups excluding carboxylic acids is 2. The third kappa shape index (κ3) is 7.95. The molecule has 0 aliphatic rings. The van der Waals surface area contributed by atoms with E-state index in [-0.39, 0.29) is 23.0 Å². The fourth-order valence-electron chi connectivity index (χ4n) is 4.34. The predicted octanol–water partition coefficient (Wildman–Crippen LogP) is 6.79. The minimum Gasteiger partial charge on any atom is -0.354 e. The molecule has 3 rings (SSSR count). The number of benzene rings is 3. The van der Waals surface area contributed by atoms with Gasteiger partial charge in [0.1, 0.15) is 12.6 Å². The average molecular weight is 639 g/mol. The lowest BCUT2D eigenvalue weighted by Crippen LogP contribution is -2.52. The summed E-state index contributed by atoms with van der Waals surface area (Å²) in [5, 5.41) is 3.88. The summed E-state index contributed by atoms with van der Waals surface area (Å²) in [5.41, 5.74) is 2.30. The summed E-state index contributed by atoms with van der Waals surface area (Å²) in [6, 6.07) is 15.4. The molecule has 0 heterocycles. The molecule has 0 aliphatic carbocycles. The van der Waals surface area contributed by atoms with Crippen molar-refractivity contribution < 1.29 is 18.0 Å². The normalized spacial score (nSPS) is 12.1. The molecule has 0 radical (unpaired) electrons. The number of hydrogen-bond acceptors (Lipinski definition) is 4. The van der Waals surface area contributed by atoms with Crippen molar-refractivity contribution in [3.05, 3.63) is 92.4 Å². The maximum Gasteiger partial charge on any atom is 0.264 e. The molecule has 1 N–H and O–H groups in total. The predicted molar refractivity (Wildman–Crippen MR) is 166 cm³/mol. The first-order valence-electron chi connectivity index (χ1n) is 13.3. The quantitative estimate of drug-likeness (QED) is 0.237. The van der Waals surface area contributed by atoms with Crippen LogP contribution in [0.5, 0.6) is 0 Å². The van der Waals surface area contributed by atoms with Crippen LogP contribution in [0.3, 0.4) is 0 Å². The Morgan fingerprint density at radius 1 is 0.902 bits per heavy atom. The number of carbonyl (C=O) groups is 2. The van der Waals surface area contributed by atoms with Crippen LogP contribution < -0.4 is 9.62 Å². The summed E-state index contributed by atoms with van der Waals surface area (Å²) >= 11 is 18.7. The number of sulfonamides is 1. The first-order chi connectivity index (χ1) is 19.4. The lowest BCUT2D eigenvalue weighted by atomic mass is 10.1. The van der Waals surface area contributed by atoms with Crippen LogP contribution in [-0.4, -0.2) is 44.3 Å². The van der Waals surface area contributed by atoms with Crippen molar-refractivity contribution >= 4 is 62.3 Å². The van der Waals surface area contributed by atoms with Gasteiger partial charge in [-0.15, -0.1) is 0 Å². The van der Waals surface area contributed by atoms with Gasteiger partial charge in [0.15, 0.2) is 0 Å². The SMILES string of the molecule is CCCNC(=O)[C@@H](CC)N(Cc1ccc(Cl)c(Cl)c1)C(=O)CN(c1cccc(Cl)c1C)S(=O)(=O)c1ccc(C)cc1. The summed E-state index contributed by atoms with van der Waals surface area (Å²) in [4.78, 5) is 28.7. The van der Waals surface area contributed by atoms with E-state index in [1.165, 1.54) is 17.0 Å². The van der Waals surface area contributed by atoms with E-state index in [2.05, 4.69) is 5.32 Å². The number of nitrogens with one attached hydrogen (secondary N) is 1. The van der Waals surface area contributed by atoms with Gasteiger partial charge in [-0.1, -0.05) is 78.5 Å². The van der Waals surface area contributed by atoms with Crippen molar-refractivity contribution in [2.45, 2.75) is 58.0 Å². The van der Waals surface area contributed by atoms with E-state index in [9.17, 15) is 18.0 Å². The van der Waals surface area contributed by atoms with Crippen LogP contribution in [0.15, 0.2) is 65.6 Å². The third-order valence-electron chi connectivity index (χ3n) is 6.67. The largest absolute Gasteiger partial charge is 0.354 e. The van der Waals surface area contributed by atoms with Crippen molar-refractivity contribution in [1.82, 2.24) is 10.2 Å². The van der Waals surface area contributed by atoms with E-state index < -0.39 is 28.5 Å². The smallest absolute Gasteiger partial charge is 0.264 e. The Balaban J connectivity index is 2.11. The zero-order chi connectivity index (χ0) is 30.3. The van der Waals surface area contributed by atoms with E-state index in [1.54, 1.807) is 62.4 Å². The van der Waals surface area contributed by atoms with Gasteiger partial charge < -0.3 is 10.2 Å². The number of rotatable bonds is 12. The molecule has 0 saturated carbocycles. The van der Waals surface area contributed by atoms with Crippen LogP contribution in [0.25, 0.3) is 0 Å². The van der Waals surface area contributed by atoms with Gasteiger partial charge in [0.2, 0.25) is 11.8 Å². The molecule has 0 bridgehead atoms. The van der Waals surface area contributed by atoms with Crippen LogP contribution in [0.2, 0.25) is 15.1 Å². The van der Waals surface area contributed by atoms with Gasteiger partial charge in [0, 0.05) is 18.1 Å². The molecule has 7 nitrogen and oxygen atoms in total. The van der Waals surface area contributed by atoms with Crippen molar-refractivity contribution in [3.63, 3.8) is 0 Å². The second-order valence-electron chi connectivity index (χ2n) is 9.69. The molecule has 0 unspecified atom stereocenters. The Labute approximate surface area is 257 Å². The summed E-state index contributed by atoms with van der Waals surface area (Å²) in [6.07, 6.45) is 1.03. The first-order valence-corrected chi connectivity index (χ1v) is 15.8. The fraction of sp³-hybridized carbons (Fsp3) is 0.333. The highest BCUT2D eigenvalue weighted by Gasteiger charge is 2.34. The second-order valence-corrected chi connectivity index (χ2v) is 12.8. The molecule has 0 fully saturated rings. The Kier molecular flexibility index (Phi) is 11.5. The minimum atomic E-state index is -4.20. The van der Waals surface area contributed by atoms with Crippen molar-refractivity contribution in [1.29, 1.82) is 0 Å². The molecule has 0 aromatic heterocycles. The molecule has 11 heteroatoms. The van der Waals surface area contributed by atoms with Crippen molar-refractivity contribution in [2.24, 2.45) is 0 Å². The molecule has 0 spiro atoms. The van der Waals surface area contributed by atoms with E-state index >= 15 is 0 Å². The number of aryl methyl sites for hydroxylation is 1. The molecule has 3 aromatic carbocycles. The van der Waals surface area contributed by atoms with Gasteiger partial charge in [-0.2, -0.15) is 0 Å². The molecule has 1 atom stereocenters. The highest BCUT2D eigenvalue weighted by atomic mass is 35.5. The number of halogens is 3. The van der Waals surface area contributed by atoms with Crippen LogP contribution >= 0.6 is 34.8 Å².